The lowest BCUT2D eigenvalue weighted by atomic mass is 9.89. The largest absolute Gasteiger partial charge is 0.352 e. The Hall–Kier alpha value is -1.91. The molecule has 2 N–H and O–H groups in total. The third kappa shape index (κ3) is 5.29. The molecule has 1 aromatic carbocycles. The van der Waals surface area contributed by atoms with E-state index >= 15 is 0 Å². The van der Waals surface area contributed by atoms with Gasteiger partial charge in [0.15, 0.2) is 0 Å². The zero-order chi connectivity index (χ0) is 18.5. The van der Waals surface area contributed by atoms with E-state index in [4.69, 9.17) is 0 Å². The maximum absolute atomic E-state index is 13.5. The van der Waals surface area contributed by atoms with Crippen molar-refractivity contribution in [3.63, 3.8) is 0 Å². The van der Waals surface area contributed by atoms with Gasteiger partial charge in [-0.3, -0.25) is 9.59 Å². The van der Waals surface area contributed by atoms with Crippen molar-refractivity contribution < 1.29 is 14.0 Å². The lowest BCUT2D eigenvalue weighted by Gasteiger charge is -2.23. The third-order valence-corrected chi connectivity index (χ3v) is 5.62. The van der Waals surface area contributed by atoms with Crippen LogP contribution in [0.4, 0.5) is 4.39 Å². The fourth-order valence-electron chi connectivity index (χ4n) is 3.93. The van der Waals surface area contributed by atoms with E-state index in [9.17, 15) is 14.0 Å². The highest BCUT2D eigenvalue weighted by atomic mass is 19.1. The zero-order valence-corrected chi connectivity index (χ0v) is 15.5. The summed E-state index contributed by atoms with van der Waals surface area (Å²) in [5, 5.41) is 5.77. The monoisotopic (exact) mass is 360 g/mol. The molecule has 1 atom stereocenters. The summed E-state index contributed by atoms with van der Waals surface area (Å²) in [7, 11) is 0. The Morgan fingerprint density at radius 2 is 1.85 bits per heavy atom. The molecule has 0 spiro atoms. The van der Waals surface area contributed by atoms with Crippen LogP contribution in [0.2, 0.25) is 0 Å². The summed E-state index contributed by atoms with van der Waals surface area (Å²) in [5.74, 6) is 0.165. The summed E-state index contributed by atoms with van der Waals surface area (Å²) < 4.78 is 13.5. The normalized spacial score (nSPS) is 19.0. The molecule has 0 heterocycles. The molecule has 0 radical (unpaired) electrons. The van der Waals surface area contributed by atoms with Gasteiger partial charge in [0.2, 0.25) is 11.8 Å². The summed E-state index contributed by atoms with van der Waals surface area (Å²) in [6.45, 7) is 1.79. The number of carbonyl (C=O) groups excluding carboxylic acids is 2. The Labute approximate surface area is 154 Å². The maximum atomic E-state index is 13.5. The lowest BCUT2D eigenvalue weighted by molar-refractivity contribution is -0.126. The van der Waals surface area contributed by atoms with Gasteiger partial charge >= 0.3 is 0 Å². The molecule has 0 aromatic heterocycles. The van der Waals surface area contributed by atoms with Gasteiger partial charge in [-0.1, -0.05) is 31.4 Å². The summed E-state index contributed by atoms with van der Waals surface area (Å²) >= 11 is 0. The highest BCUT2D eigenvalue weighted by molar-refractivity contribution is 5.85. The van der Waals surface area contributed by atoms with Crippen LogP contribution in [-0.4, -0.2) is 24.4 Å². The number of carbonyl (C=O) groups is 2. The highest BCUT2D eigenvalue weighted by Gasteiger charge is 2.34. The summed E-state index contributed by atoms with van der Waals surface area (Å²) in [6.07, 6.45) is 8.21. The van der Waals surface area contributed by atoms with Gasteiger partial charge in [0.1, 0.15) is 5.82 Å². The molecule has 1 aromatic rings. The molecule has 4 nitrogen and oxygen atoms in total. The smallest absolute Gasteiger partial charge is 0.239 e. The molecule has 2 aliphatic rings. The number of aryl methyl sites for hydroxylation is 1. The van der Waals surface area contributed by atoms with E-state index in [1.807, 2.05) is 6.07 Å². The first-order valence-electron chi connectivity index (χ1n) is 9.85. The fourth-order valence-corrected chi connectivity index (χ4v) is 3.93. The summed E-state index contributed by atoms with van der Waals surface area (Å²) in [4.78, 5) is 24.4. The standard InChI is InChI=1S/C21H29FN2O2/c1-14-11-16(9-10-19(14)22)18(15-7-8-15)12-20(25)23-13-21(26)24-17-5-3-2-4-6-17/h9-11,15,17-18H,2-8,12-13H2,1H3,(H,23,25)(H,24,26). The van der Waals surface area contributed by atoms with Crippen molar-refractivity contribution in [2.75, 3.05) is 6.54 Å². The van der Waals surface area contributed by atoms with Gasteiger partial charge in [0.05, 0.1) is 6.54 Å². The van der Waals surface area contributed by atoms with Crippen molar-refractivity contribution in [3.8, 4) is 0 Å². The molecule has 2 aliphatic carbocycles. The van der Waals surface area contributed by atoms with Crippen molar-refractivity contribution in [2.45, 2.75) is 70.3 Å². The SMILES string of the molecule is Cc1cc(C(CC(=O)NCC(=O)NC2CCCCC2)C2CC2)ccc1F. The molecule has 0 saturated heterocycles. The average molecular weight is 360 g/mol. The molecule has 2 amide bonds. The van der Waals surface area contributed by atoms with Gasteiger partial charge in [-0.2, -0.15) is 0 Å². The van der Waals surface area contributed by atoms with Crippen molar-refractivity contribution in [1.82, 2.24) is 10.6 Å². The fraction of sp³-hybridized carbons (Fsp3) is 0.619. The van der Waals surface area contributed by atoms with E-state index in [2.05, 4.69) is 10.6 Å². The molecule has 2 saturated carbocycles. The molecule has 0 bridgehead atoms. The molecule has 0 aliphatic heterocycles. The predicted octanol–water partition coefficient (Wildman–Crippen LogP) is 3.58. The van der Waals surface area contributed by atoms with Crippen molar-refractivity contribution >= 4 is 11.8 Å². The van der Waals surface area contributed by atoms with Crippen molar-refractivity contribution in [1.29, 1.82) is 0 Å². The zero-order valence-electron chi connectivity index (χ0n) is 15.5. The van der Waals surface area contributed by atoms with E-state index in [0.717, 1.165) is 44.1 Å². The molecular formula is C21H29FN2O2. The van der Waals surface area contributed by atoms with Crippen molar-refractivity contribution in [2.24, 2.45) is 5.92 Å². The molecule has 1 unspecified atom stereocenters. The Morgan fingerprint density at radius 1 is 1.12 bits per heavy atom. The van der Waals surface area contributed by atoms with Crippen LogP contribution in [0.3, 0.4) is 0 Å². The number of amides is 2. The number of benzene rings is 1. The second-order valence-electron chi connectivity index (χ2n) is 7.84. The Bertz CT molecular complexity index is 651. The third-order valence-electron chi connectivity index (χ3n) is 5.62. The van der Waals surface area contributed by atoms with E-state index in [-0.39, 0.29) is 36.1 Å². The van der Waals surface area contributed by atoms with Crippen LogP contribution in [0.5, 0.6) is 0 Å². The number of halogens is 1. The van der Waals surface area contributed by atoms with E-state index in [1.165, 1.54) is 12.5 Å². The van der Waals surface area contributed by atoms with Crippen LogP contribution in [0.15, 0.2) is 18.2 Å². The van der Waals surface area contributed by atoms with Gasteiger partial charge in [-0.05, 0) is 61.6 Å². The summed E-state index contributed by atoms with van der Waals surface area (Å²) in [5.41, 5.74) is 1.63. The number of hydrogen-bond donors (Lipinski definition) is 2. The molecule has 26 heavy (non-hydrogen) atoms. The lowest BCUT2D eigenvalue weighted by Crippen LogP contribution is -2.42. The molecule has 2 fully saturated rings. The minimum Gasteiger partial charge on any atom is -0.352 e. The van der Waals surface area contributed by atoms with Crippen LogP contribution in [0.1, 0.15) is 68.4 Å². The Balaban J connectivity index is 1.48. The van der Waals surface area contributed by atoms with E-state index in [0.29, 0.717) is 17.9 Å². The first kappa shape index (κ1) is 18.9. The van der Waals surface area contributed by atoms with Crippen LogP contribution in [0.25, 0.3) is 0 Å². The molecule has 3 rings (SSSR count). The van der Waals surface area contributed by atoms with Crippen LogP contribution in [-0.2, 0) is 9.59 Å². The highest BCUT2D eigenvalue weighted by Crippen LogP contribution is 2.44. The predicted molar refractivity (Wildman–Crippen MR) is 99.2 cm³/mol. The van der Waals surface area contributed by atoms with Crippen molar-refractivity contribution in [3.05, 3.63) is 35.1 Å². The topological polar surface area (TPSA) is 58.2 Å². The van der Waals surface area contributed by atoms with Gasteiger partial charge in [0.25, 0.3) is 0 Å². The quantitative estimate of drug-likeness (QED) is 0.781. The van der Waals surface area contributed by atoms with Crippen LogP contribution in [0, 0.1) is 18.7 Å². The number of nitrogens with one attached hydrogen (secondary N) is 2. The second-order valence-corrected chi connectivity index (χ2v) is 7.84. The Morgan fingerprint density at radius 3 is 2.50 bits per heavy atom. The number of hydrogen-bond acceptors (Lipinski definition) is 2. The molecular weight excluding hydrogens is 331 g/mol. The Kier molecular flexibility index (Phi) is 6.28. The molecule has 142 valence electrons. The van der Waals surface area contributed by atoms with Gasteiger partial charge < -0.3 is 10.6 Å². The summed E-state index contributed by atoms with van der Waals surface area (Å²) in [6, 6.07) is 5.38. The minimum absolute atomic E-state index is 0.0369. The van der Waals surface area contributed by atoms with Gasteiger partial charge in [0, 0.05) is 12.5 Å². The minimum atomic E-state index is -0.216. The van der Waals surface area contributed by atoms with Crippen LogP contribution >= 0.6 is 0 Å². The van der Waals surface area contributed by atoms with Gasteiger partial charge in [-0.15, -0.1) is 0 Å². The first-order valence-corrected chi connectivity index (χ1v) is 9.85. The average Bonchev–Trinajstić information content (AvgIpc) is 3.46. The van der Waals surface area contributed by atoms with E-state index in [1.54, 1.807) is 13.0 Å². The maximum Gasteiger partial charge on any atom is 0.239 e. The molecule has 5 heteroatoms. The number of rotatable bonds is 7. The van der Waals surface area contributed by atoms with E-state index < -0.39 is 0 Å². The van der Waals surface area contributed by atoms with Gasteiger partial charge in [-0.25, -0.2) is 4.39 Å². The second kappa shape index (κ2) is 8.65. The first-order chi connectivity index (χ1) is 12.5. The van der Waals surface area contributed by atoms with Crippen LogP contribution < -0.4 is 10.6 Å².